The number of rotatable bonds is 8. The molecule has 42 heavy (non-hydrogen) atoms. The maximum absolute atomic E-state index is 11.9. The summed E-state index contributed by atoms with van der Waals surface area (Å²) in [5.41, 5.74) is 7.93. The molecule has 1 aliphatic carbocycles. The molecule has 3 aromatic carbocycles. The fourth-order valence-electron chi connectivity index (χ4n) is 6.07. The third-order valence-corrected chi connectivity index (χ3v) is 8.36. The quantitative estimate of drug-likeness (QED) is 0.125. The number of hydrogen-bond donors (Lipinski definition) is 0. The van der Waals surface area contributed by atoms with Gasteiger partial charge in [0.1, 0.15) is 6.07 Å². The van der Waals surface area contributed by atoms with E-state index in [1.54, 1.807) is 13.0 Å². The number of benzene rings is 3. The number of allylic oxidation sites excluding steroid dienone is 1. The van der Waals surface area contributed by atoms with Gasteiger partial charge in [0, 0.05) is 23.6 Å². The smallest absolute Gasteiger partial charge is 0.330 e. The van der Waals surface area contributed by atoms with E-state index < -0.39 is 0 Å². The van der Waals surface area contributed by atoms with E-state index in [2.05, 4.69) is 54.6 Å². The first-order valence-electron chi connectivity index (χ1n) is 14.9. The van der Waals surface area contributed by atoms with Gasteiger partial charge >= 0.3 is 5.97 Å². The predicted octanol–water partition coefficient (Wildman–Crippen LogP) is 7.94. The van der Waals surface area contributed by atoms with Crippen LogP contribution in [0, 0.1) is 17.2 Å². The van der Waals surface area contributed by atoms with Gasteiger partial charge in [0.15, 0.2) is 6.23 Å². The van der Waals surface area contributed by atoms with Crippen LogP contribution in [0.15, 0.2) is 79.0 Å². The first kappa shape index (κ1) is 27.7. The van der Waals surface area contributed by atoms with Crippen LogP contribution in [0.25, 0.3) is 28.1 Å². The molecule has 6 rings (SSSR count). The van der Waals surface area contributed by atoms with E-state index in [-0.39, 0.29) is 12.2 Å². The van der Waals surface area contributed by atoms with Crippen molar-refractivity contribution in [3.05, 3.63) is 107 Å². The molecule has 2 aliphatic rings. The van der Waals surface area contributed by atoms with E-state index in [4.69, 9.17) is 14.6 Å². The number of nitriles is 1. The van der Waals surface area contributed by atoms with Crippen LogP contribution in [0.1, 0.15) is 79.5 Å². The first-order chi connectivity index (χ1) is 20.7. The fourth-order valence-corrected chi connectivity index (χ4v) is 6.07. The van der Waals surface area contributed by atoms with Crippen LogP contribution in [0.3, 0.4) is 0 Å². The Labute approximate surface area is 246 Å². The molecule has 1 saturated heterocycles. The zero-order chi connectivity index (χ0) is 28.9. The van der Waals surface area contributed by atoms with E-state index in [1.165, 1.54) is 23.6 Å². The van der Waals surface area contributed by atoms with Crippen LogP contribution in [-0.4, -0.2) is 29.0 Å². The summed E-state index contributed by atoms with van der Waals surface area (Å²) in [6.07, 6.45) is 11.5. The highest BCUT2D eigenvalue weighted by molar-refractivity contribution is 6.04. The molecule has 0 N–H and O–H groups in total. The van der Waals surface area contributed by atoms with Crippen LogP contribution in [-0.2, 0) is 14.3 Å². The van der Waals surface area contributed by atoms with Crippen molar-refractivity contribution in [2.75, 3.05) is 13.2 Å². The fraction of sp³-hybridized carbons (Fsp3) is 0.306. The minimum Gasteiger partial charge on any atom is -0.463 e. The van der Waals surface area contributed by atoms with Gasteiger partial charge in [0.05, 0.1) is 23.9 Å². The number of carbonyl (C=O) groups excluding carboxylic acids is 1. The van der Waals surface area contributed by atoms with Crippen molar-refractivity contribution < 1.29 is 14.3 Å². The molecule has 212 valence electrons. The third-order valence-electron chi connectivity index (χ3n) is 8.36. The molecule has 1 unspecified atom stereocenters. The minimum absolute atomic E-state index is 0.103. The summed E-state index contributed by atoms with van der Waals surface area (Å²) in [5.74, 6) is 0.0519. The molecule has 1 atom stereocenters. The van der Waals surface area contributed by atoms with Gasteiger partial charge in [-0.25, -0.2) is 9.48 Å². The topological polar surface area (TPSA) is 77.1 Å². The molecule has 6 heteroatoms. The Bertz CT molecular complexity index is 1670. The van der Waals surface area contributed by atoms with E-state index in [9.17, 15) is 10.1 Å². The van der Waals surface area contributed by atoms with Crippen molar-refractivity contribution >= 4 is 34.1 Å². The SMILES string of the molecule is CCOC(=O)C=Cc1ccc(C(=C(c2ccccc2)C2CCC2)c2ccc3c(cnn3C3CCCCO3)c2C#N)cc1. The monoisotopic (exact) mass is 557 g/mol. The molecule has 0 spiro atoms. The minimum atomic E-state index is -0.357. The predicted molar refractivity (Wildman–Crippen MR) is 165 cm³/mol. The Hall–Kier alpha value is -4.47. The molecule has 2 fully saturated rings. The number of esters is 1. The molecule has 0 radical (unpaired) electrons. The number of ether oxygens (including phenoxy) is 2. The van der Waals surface area contributed by atoms with Crippen molar-refractivity contribution in [2.45, 2.75) is 51.7 Å². The zero-order valence-corrected chi connectivity index (χ0v) is 24.0. The van der Waals surface area contributed by atoms with Crippen molar-refractivity contribution in [1.82, 2.24) is 9.78 Å². The summed E-state index contributed by atoms with van der Waals surface area (Å²) in [6, 6.07) is 25.5. The highest BCUT2D eigenvalue weighted by Gasteiger charge is 2.29. The molecule has 6 nitrogen and oxygen atoms in total. The van der Waals surface area contributed by atoms with Crippen LogP contribution in [0.2, 0.25) is 0 Å². The molecular weight excluding hydrogens is 522 g/mol. The van der Waals surface area contributed by atoms with Crippen LogP contribution in [0.5, 0.6) is 0 Å². The second-order valence-corrected chi connectivity index (χ2v) is 10.9. The molecule has 1 aromatic heterocycles. The van der Waals surface area contributed by atoms with Gasteiger partial charge in [-0.2, -0.15) is 10.4 Å². The van der Waals surface area contributed by atoms with Crippen molar-refractivity contribution in [3.63, 3.8) is 0 Å². The number of carbonyl (C=O) groups is 1. The largest absolute Gasteiger partial charge is 0.463 e. The first-order valence-corrected chi connectivity index (χ1v) is 14.9. The van der Waals surface area contributed by atoms with Gasteiger partial charge in [0.25, 0.3) is 0 Å². The summed E-state index contributed by atoms with van der Waals surface area (Å²) in [6.45, 7) is 2.87. The summed E-state index contributed by atoms with van der Waals surface area (Å²) >= 11 is 0. The molecule has 1 aliphatic heterocycles. The number of hydrogen-bond acceptors (Lipinski definition) is 5. The molecular formula is C36H35N3O3. The van der Waals surface area contributed by atoms with Crippen molar-refractivity contribution in [3.8, 4) is 6.07 Å². The van der Waals surface area contributed by atoms with Crippen molar-refractivity contribution in [2.24, 2.45) is 5.92 Å². The second kappa shape index (κ2) is 12.6. The molecule has 0 bridgehead atoms. The lowest BCUT2D eigenvalue weighted by molar-refractivity contribution is -0.137. The van der Waals surface area contributed by atoms with Gasteiger partial charge < -0.3 is 9.47 Å². The lowest BCUT2D eigenvalue weighted by Gasteiger charge is -2.32. The maximum Gasteiger partial charge on any atom is 0.330 e. The standard InChI is InChI=1S/C36H35N3O3/c1-2-41-34(40)21-16-25-14-17-28(18-15-25)36(35(27-11-8-12-27)26-9-4-3-5-10-26)29-19-20-32-31(30(29)23-37)24-38-39(32)33-13-6-7-22-42-33/h3-5,9-10,14-21,24,27,33H,2,6-8,11-13,22H2,1H3. The Morgan fingerprint density at radius 3 is 2.50 bits per heavy atom. The maximum atomic E-state index is 11.9. The highest BCUT2D eigenvalue weighted by Crippen LogP contribution is 2.46. The van der Waals surface area contributed by atoms with Crippen LogP contribution >= 0.6 is 0 Å². The highest BCUT2D eigenvalue weighted by atomic mass is 16.5. The summed E-state index contributed by atoms with van der Waals surface area (Å²) < 4.78 is 13.0. The van der Waals surface area contributed by atoms with Crippen molar-refractivity contribution in [1.29, 1.82) is 5.26 Å². The van der Waals surface area contributed by atoms with Crippen LogP contribution in [0.4, 0.5) is 0 Å². The van der Waals surface area contributed by atoms with Gasteiger partial charge in [-0.05, 0) is 84.9 Å². The normalized spacial score (nSPS) is 18.0. The average Bonchev–Trinajstić information content (AvgIpc) is 3.44. The summed E-state index contributed by atoms with van der Waals surface area (Å²) in [5, 5.41) is 16.2. The van der Waals surface area contributed by atoms with Gasteiger partial charge in [-0.3, -0.25) is 0 Å². The van der Waals surface area contributed by atoms with E-state index >= 15 is 0 Å². The molecule has 2 heterocycles. The lowest BCUT2D eigenvalue weighted by Crippen LogP contribution is -2.19. The summed E-state index contributed by atoms with van der Waals surface area (Å²) in [4.78, 5) is 11.9. The average molecular weight is 558 g/mol. The molecule has 4 aromatic rings. The Kier molecular flexibility index (Phi) is 8.30. The second-order valence-electron chi connectivity index (χ2n) is 10.9. The summed E-state index contributed by atoms with van der Waals surface area (Å²) in [7, 11) is 0. The van der Waals surface area contributed by atoms with E-state index in [0.717, 1.165) is 71.9 Å². The molecule has 1 saturated carbocycles. The lowest BCUT2D eigenvalue weighted by atomic mass is 9.72. The number of nitrogens with zero attached hydrogens (tertiary/aromatic N) is 3. The Morgan fingerprint density at radius 1 is 1.02 bits per heavy atom. The van der Waals surface area contributed by atoms with Gasteiger partial charge in [-0.1, -0.05) is 67.1 Å². The van der Waals surface area contributed by atoms with Gasteiger partial charge in [0.2, 0.25) is 0 Å². The Balaban J connectivity index is 1.52. The number of fused-ring (bicyclic) bond motifs is 1. The van der Waals surface area contributed by atoms with E-state index in [0.29, 0.717) is 18.1 Å². The van der Waals surface area contributed by atoms with Gasteiger partial charge in [-0.15, -0.1) is 0 Å². The Morgan fingerprint density at radius 2 is 1.83 bits per heavy atom. The third kappa shape index (κ3) is 5.53. The van der Waals surface area contributed by atoms with E-state index in [1.807, 2.05) is 29.1 Å². The zero-order valence-electron chi connectivity index (χ0n) is 24.0. The number of aromatic nitrogens is 2. The molecule has 0 amide bonds. The van der Waals surface area contributed by atoms with Crippen LogP contribution < -0.4 is 0 Å².